The molecule has 0 bridgehead atoms. The third-order valence-corrected chi connectivity index (χ3v) is 1.48. The summed E-state index contributed by atoms with van der Waals surface area (Å²) in [5.74, 6) is -0.920. The summed E-state index contributed by atoms with van der Waals surface area (Å²) in [6.07, 6.45) is 0.0266. The van der Waals surface area contributed by atoms with Gasteiger partial charge in [-0.2, -0.15) is 0 Å². The number of amides is 1. The van der Waals surface area contributed by atoms with Gasteiger partial charge in [-0.3, -0.25) is 9.59 Å². The Morgan fingerprint density at radius 2 is 1.47 bits per heavy atom. The molecule has 4 heteroatoms. The minimum atomic E-state index is -0.812. The van der Waals surface area contributed by atoms with Gasteiger partial charge < -0.3 is 10.5 Å². The molecule has 0 saturated heterocycles. The SMILES string of the molecule is CC.CC.COC(=O)CC(C)(C)C(N)=O. The Morgan fingerprint density at radius 3 is 1.67 bits per heavy atom. The molecular weight excluding hydrogens is 194 g/mol. The summed E-state index contributed by atoms with van der Waals surface area (Å²) in [7, 11) is 1.28. The van der Waals surface area contributed by atoms with Crippen molar-refractivity contribution in [3.05, 3.63) is 0 Å². The van der Waals surface area contributed by atoms with Crippen LogP contribution in [0.15, 0.2) is 0 Å². The zero-order valence-electron chi connectivity index (χ0n) is 11.0. The highest BCUT2D eigenvalue weighted by molar-refractivity contribution is 5.85. The van der Waals surface area contributed by atoms with Crippen LogP contribution < -0.4 is 5.73 Å². The zero-order chi connectivity index (χ0) is 13.1. The molecule has 4 nitrogen and oxygen atoms in total. The van der Waals surface area contributed by atoms with Gasteiger partial charge in [0.1, 0.15) is 0 Å². The second kappa shape index (κ2) is 11.0. The van der Waals surface area contributed by atoms with Crippen LogP contribution in [0.5, 0.6) is 0 Å². The molecule has 0 aromatic rings. The molecule has 92 valence electrons. The van der Waals surface area contributed by atoms with Gasteiger partial charge in [0.05, 0.1) is 18.9 Å². The van der Waals surface area contributed by atoms with Gasteiger partial charge in [0.15, 0.2) is 0 Å². The second-order valence-corrected chi connectivity index (χ2v) is 3.00. The molecule has 0 unspecified atom stereocenters. The summed E-state index contributed by atoms with van der Waals surface area (Å²) in [4.78, 5) is 21.4. The second-order valence-electron chi connectivity index (χ2n) is 3.00. The largest absolute Gasteiger partial charge is 0.469 e. The Morgan fingerprint density at radius 1 is 1.13 bits per heavy atom. The lowest BCUT2D eigenvalue weighted by Crippen LogP contribution is -2.33. The van der Waals surface area contributed by atoms with Crippen molar-refractivity contribution in [3.8, 4) is 0 Å². The number of primary amides is 1. The van der Waals surface area contributed by atoms with Gasteiger partial charge in [-0.15, -0.1) is 0 Å². The van der Waals surface area contributed by atoms with E-state index in [4.69, 9.17) is 5.73 Å². The average molecular weight is 219 g/mol. The van der Waals surface area contributed by atoms with Crippen LogP contribution in [0.25, 0.3) is 0 Å². The average Bonchev–Trinajstić information content (AvgIpc) is 2.23. The monoisotopic (exact) mass is 219 g/mol. The van der Waals surface area contributed by atoms with Crippen molar-refractivity contribution in [3.63, 3.8) is 0 Å². The van der Waals surface area contributed by atoms with E-state index in [0.717, 1.165) is 0 Å². The topological polar surface area (TPSA) is 69.4 Å². The highest BCUT2D eigenvalue weighted by Crippen LogP contribution is 2.19. The molecule has 0 aromatic heterocycles. The van der Waals surface area contributed by atoms with Crippen molar-refractivity contribution >= 4 is 11.9 Å². The lowest BCUT2D eigenvalue weighted by atomic mass is 9.89. The first-order valence-corrected chi connectivity index (χ1v) is 5.27. The van der Waals surface area contributed by atoms with E-state index in [0.29, 0.717) is 0 Å². The summed E-state index contributed by atoms with van der Waals surface area (Å²) in [5.41, 5.74) is 4.21. The van der Waals surface area contributed by atoms with E-state index in [1.54, 1.807) is 13.8 Å². The maximum absolute atomic E-state index is 10.7. The normalized spacial score (nSPS) is 8.73. The Bertz CT molecular complexity index is 177. The third kappa shape index (κ3) is 10.9. The quantitative estimate of drug-likeness (QED) is 0.739. The predicted octanol–water partition coefficient (Wildman–Crippen LogP) is 2.11. The van der Waals surface area contributed by atoms with Crippen LogP contribution in [0.1, 0.15) is 48.0 Å². The van der Waals surface area contributed by atoms with E-state index in [9.17, 15) is 9.59 Å². The molecule has 0 rings (SSSR count). The van der Waals surface area contributed by atoms with Gasteiger partial charge in [-0.1, -0.05) is 41.5 Å². The van der Waals surface area contributed by atoms with Gasteiger partial charge in [0, 0.05) is 0 Å². The molecule has 0 saturated carbocycles. The van der Waals surface area contributed by atoms with Crippen molar-refractivity contribution in [1.29, 1.82) is 0 Å². The first-order chi connectivity index (χ1) is 6.90. The summed E-state index contributed by atoms with van der Waals surface area (Å²) >= 11 is 0. The molecule has 0 heterocycles. The van der Waals surface area contributed by atoms with Crippen molar-refractivity contribution in [2.45, 2.75) is 48.0 Å². The molecule has 0 spiro atoms. The van der Waals surface area contributed by atoms with E-state index in [1.807, 2.05) is 27.7 Å². The minimum Gasteiger partial charge on any atom is -0.469 e. The summed E-state index contributed by atoms with van der Waals surface area (Å²) < 4.78 is 4.39. The molecule has 15 heavy (non-hydrogen) atoms. The molecule has 2 N–H and O–H groups in total. The highest BCUT2D eigenvalue weighted by atomic mass is 16.5. The third-order valence-electron chi connectivity index (χ3n) is 1.48. The van der Waals surface area contributed by atoms with Crippen LogP contribution in [0, 0.1) is 5.41 Å². The van der Waals surface area contributed by atoms with E-state index in [2.05, 4.69) is 4.74 Å². The number of esters is 1. The molecule has 0 aliphatic heterocycles. The van der Waals surface area contributed by atoms with Crippen LogP contribution >= 0.6 is 0 Å². The Balaban J connectivity index is -0.000000318. The number of ether oxygens (including phenoxy) is 1. The van der Waals surface area contributed by atoms with Crippen molar-refractivity contribution in [2.24, 2.45) is 11.1 Å². The number of carbonyl (C=O) groups excluding carboxylic acids is 2. The van der Waals surface area contributed by atoms with Gasteiger partial charge in [0.2, 0.25) is 5.91 Å². The Kier molecular flexibility index (Phi) is 14.3. The van der Waals surface area contributed by atoms with Crippen molar-refractivity contribution < 1.29 is 14.3 Å². The number of nitrogens with two attached hydrogens (primary N) is 1. The van der Waals surface area contributed by atoms with Crippen LogP contribution in [0.3, 0.4) is 0 Å². The molecule has 0 fully saturated rings. The summed E-state index contributed by atoms with van der Waals surface area (Å²) in [6.45, 7) is 11.2. The summed E-state index contributed by atoms with van der Waals surface area (Å²) in [6, 6.07) is 0. The number of hydrogen-bond acceptors (Lipinski definition) is 3. The smallest absolute Gasteiger partial charge is 0.306 e. The number of carbonyl (C=O) groups is 2. The first-order valence-electron chi connectivity index (χ1n) is 5.27. The van der Waals surface area contributed by atoms with Crippen molar-refractivity contribution in [1.82, 2.24) is 0 Å². The standard InChI is InChI=1S/C7H13NO3.2C2H6/c1-7(2,6(8)10)4-5(9)11-3;2*1-2/h4H2,1-3H3,(H2,8,10);2*1-2H3. The van der Waals surface area contributed by atoms with E-state index in [1.165, 1.54) is 7.11 Å². The molecule has 0 atom stereocenters. The van der Waals surface area contributed by atoms with Gasteiger partial charge in [-0.25, -0.2) is 0 Å². The van der Waals surface area contributed by atoms with E-state index < -0.39 is 17.3 Å². The van der Waals surface area contributed by atoms with Crippen LogP contribution in [-0.2, 0) is 14.3 Å². The lowest BCUT2D eigenvalue weighted by Gasteiger charge is -2.17. The van der Waals surface area contributed by atoms with E-state index in [-0.39, 0.29) is 6.42 Å². The van der Waals surface area contributed by atoms with Crippen molar-refractivity contribution in [2.75, 3.05) is 7.11 Å². The molecule has 0 aromatic carbocycles. The molecule has 1 amide bonds. The van der Waals surface area contributed by atoms with Crippen LogP contribution in [0.4, 0.5) is 0 Å². The number of rotatable bonds is 3. The van der Waals surface area contributed by atoms with Crippen LogP contribution in [-0.4, -0.2) is 19.0 Å². The molecule has 0 radical (unpaired) electrons. The fourth-order valence-electron chi connectivity index (χ4n) is 0.520. The van der Waals surface area contributed by atoms with Gasteiger partial charge in [0.25, 0.3) is 0 Å². The first kappa shape index (κ1) is 19.5. The number of methoxy groups -OCH3 is 1. The maximum atomic E-state index is 10.7. The lowest BCUT2D eigenvalue weighted by molar-refractivity contribution is -0.146. The van der Waals surface area contributed by atoms with Crippen LogP contribution in [0.2, 0.25) is 0 Å². The predicted molar refractivity (Wildman–Crippen MR) is 62.3 cm³/mol. The fourth-order valence-corrected chi connectivity index (χ4v) is 0.520. The highest BCUT2D eigenvalue weighted by Gasteiger charge is 2.28. The number of hydrogen-bond donors (Lipinski definition) is 1. The molecule has 0 aliphatic carbocycles. The minimum absolute atomic E-state index is 0.0266. The zero-order valence-corrected chi connectivity index (χ0v) is 11.0. The summed E-state index contributed by atoms with van der Waals surface area (Å²) in [5, 5.41) is 0. The Hall–Kier alpha value is -1.06. The fraction of sp³-hybridized carbons (Fsp3) is 0.818. The van der Waals surface area contributed by atoms with Gasteiger partial charge in [-0.05, 0) is 0 Å². The molecular formula is C11H25NO3. The maximum Gasteiger partial charge on any atom is 0.306 e. The Labute approximate surface area is 93.2 Å². The van der Waals surface area contributed by atoms with E-state index >= 15 is 0 Å². The molecule has 0 aliphatic rings. The van der Waals surface area contributed by atoms with Gasteiger partial charge >= 0.3 is 5.97 Å².